The number of methoxy groups -OCH3 is 1. The van der Waals surface area contributed by atoms with E-state index in [0.717, 1.165) is 4.68 Å². The van der Waals surface area contributed by atoms with Gasteiger partial charge in [0.15, 0.2) is 5.69 Å². The van der Waals surface area contributed by atoms with Crippen LogP contribution in [0.1, 0.15) is 17.4 Å². The van der Waals surface area contributed by atoms with Gasteiger partial charge in [-0.05, 0) is 6.92 Å². The zero-order valence-electron chi connectivity index (χ0n) is 8.39. The Kier molecular flexibility index (Phi) is 3.27. The van der Waals surface area contributed by atoms with Crippen molar-refractivity contribution in [2.75, 3.05) is 19.5 Å². The molecule has 0 aliphatic heterocycles. The van der Waals surface area contributed by atoms with E-state index < -0.39 is 12.1 Å². The summed E-state index contributed by atoms with van der Waals surface area (Å²) >= 11 is 0. The van der Waals surface area contributed by atoms with E-state index in [1.165, 1.54) is 13.2 Å². The Hall–Kier alpha value is -2.05. The van der Waals surface area contributed by atoms with Gasteiger partial charge in [0.2, 0.25) is 0 Å². The lowest BCUT2D eigenvalue weighted by molar-refractivity contribution is 0.0510. The molecule has 0 radical (unpaired) electrons. The largest absolute Gasteiger partial charge is 0.461 e. The standard InChI is InChI=1S/C8H11N3O4/c1-3-15-7(12)5-4-6(9)10-11(5)8(13)14-2/h4H,3H2,1-2H3,(H2,9,10). The number of hydrogen-bond acceptors (Lipinski definition) is 6. The second-order valence-corrected chi connectivity index (χ2v) is 2.56. The van der Waals surface area contributed by atoms with Crippen molar-refractivity contribution in [2.24, 2.45) is 0 Å². The highest BCUT2D eigenvalue weighted by atomic mass is 16.5. The van der Waals surface area contributed by atoms with Crippen molar-refractivity contribution in [2.45, 2.75) is 6.92 Å². The number of nitrogens with two attached hydrogens (primary N) is 1. The number of hydrogen-bond donors (Lipinski definition) is 1. The van der Waals surface area contributed by atoms with Crippen LogP contribution in [0.3, 0.4) is 0 Å². The molecule has 0 fully saturated rings. The van der Waals surface area contributed by atoms with Crippen molar-refractivity contribution in [1.82, 2.24) is 9.78 Å². The lowest BCUT2D eigenvalue weighted by Crippen LogP contribution is -2.20. The Balaban J connectivity index is 3.06. The number of anilines is 1. The van der Waals surface area contributed by atoms with Crippen LogP contribution in [0.15, 0.2) is 6.07 Å². The van der Waals surface area contributed by atoms with Gasteiger partial charge in [-0.2, -0.15) is 4.68 Å². The third kappa shape index (κ3) is 2.25. The van der Waals surface area contributed by atoms with E-state index in [0.29, 0.717) is 0 Å². The summed E-state index contributed by atoms with van der Waals surface area (Å²) in [7, 11) is 1.18. The van der Waals surface area contributed by atoms with Crippen molar-refractivity contribution in [3.63, 3.8) is 0 Å². The van der Waals surface area contributed by atoms with Crippen molar-refractivity contribution in [1.29, 1.82) is 0 Å². The van der Waals surface area contributed by atoms with Gasteiger partial charge in [0, 0.05) is 6.07 Å². The zero-order chi connectivity index (χ0) is 11.4. The summed E-state index contributed by atoms with van der Waals surface area (Å²) < 4.78 is 9.89. The number of nitrogen functional groups attached to an aromatic ring is 1. The quantitative estimate of drug-likeness (QED) is 0.707. The highest BCUT2D eigenvalue weighted by molar-refractivity contribution is 5.92. The van der Waals surface area contributed by atoms with Crippen molar-refractivity contribution >= 4 is 17.9 Å². The van der Waals surface area contributed by atoms with Crippen LogP contribution in [-0.4, -0.2) is 35.6 Å². The first-order valence-electron chi connectivity index (χ1n) is 4.21. The Morgan fingerprint density at radius 1 is 1.60 bits per heavy atom. The molecule has 2 N–H and O–H groups in total. The minimum atomic E-state index is -0.797. The van der Waals surface area contributed by atoms with E-state index >= 15 is 0 Å². The SMILES string of the molecule is CCOC(=O)c1cc(N)nn1C(=O)OC. The summed E-state index contributed by atoms with van der Waals surface area (Å²) in [5.41, 5.74) is 5.30. The van der Waals surface area contributed by atoms with Crippen LogP contribution in [0.2, 0.25) is 0 Å². The fraction of sp³-hybridized carbons (Fsp3) is 0.375. The van der Waals surface area contributed by atoms with Crippen molar-refractivity contribution in [3.8, 4) is 0 Å². The van der Waals surface area contributed by atoms with Crippen molar-refractivity contribution < 1.29 is 19.1 Å². The molecule has 0 aromatic carbocycles. The van der Waals surface area contributed by atoms with Crippen LogP contribution in [-0.2, 0) is 9.47 Å². The molecule has 0 amide bonds. The summed E-state index contributed by atoms with van der Waals surface area (Å²) in [6, 6.07) is 1.24. The van der Waals surface area contributed by atoms with E-state index in [9.17, 15) is 9.59 Å². The van der Waals surface area contributed by atoms with Gasteiger partial charge in [-0.1, -0.05) is 0 Å². The van der Waals surface area contributed by atoms with Gasteiger partial charge in [-0.3, -0.25) is 0 Å². The van der Waals surface area contributed by atoms with Crippen LogP contribution in [0.25, 0.3) is 0 Å². The second kappa shape index (κ2) is 4.45. The van der Waals surface area contributed by atoms with Gasteiger partial charge in [0.1, 0.15) is 5.82 Å². The highest BCUT2D eigenvalue weighted by Crippen LogP contribution is 2.08. The molecule has 7 heteroatoms. The molecule has 1 aromatic rings. The van der Waals surface area contributed by atoms with Crippen LogP contribution in [0.5, 0.6) is 0 Å². The lowest BCUT2D eigenvalue weighted by Gasteiger charge is -2.03. The third-order valence-corrected chi connectivity index (χ3v) is 1.56. The van der Waals surface area contributed by atoms with Gasteiger partial charge < -0.3 is 15.2 Å². The van der Waals surface area contributed by atoms with E-state index in [4.69, 9.17) is 10.5 Å². The molecule has 0 spiro atoms. The fourth-order valence-electron chi connectivity index (χ4n) is 0.975. The van der Waals surface area contributed by atoms with Gasteiger partial charge in [0.05, 0.1) is 13.7 Å². The number of carbonyl (C=O) groups is 2. The molecule has 82 valence electrons. The predicted molar refractivity (Wildman–Crippen MR) is 50.4 cm³/mol. The number of esters is 1. The lowest BCUT2D eigenvalue weighted by atomic mass is 10.4. The van der Waals surface area contributed by atoms with E-state index in [1.54, 1.807) is 6.92 Å². The number of nitrogens with zero attached hydrogens (tertiary/aromatic N) is 2. The van der Waals surface area contributed by atoms with Gasteiger partial charge in [-0.15, -0.1) is 5.10 Å². The van der Waals surface area contributed by atoms with Gasteiger partial charge in [-0.25, -0.2) is 9.59 Å². The Bertz CT molecular complexity index is 385. The number of ether oxygens (including phenoxy) is 2. The molecule has 1 rings (SSSR count). The molecule has 0 aliphatic carbocycles. The first-order chi connectivity index (χ1) is 7.10. The Morgan fingerprint density at radius 3 is 2.80 bits per heavy atom. The normalized spacial score (nSPS) is 9.73. The molecule has 0 saturated heterocycles. The van der Waals surface area contributed by atoms with Crippen LogP contribution < -0.4 is 5.73 Å². The minimum absolute atomic E-state index is 0.0449. The molecule has 15 heavy (non-hydrogen) atoms. The average molecular weight is 213 g/mol. The van der Waals surface area contributed by atoms with Crippen LogP contribution in [0, 0.1) is 0 Å². The van der Waals surface area contributed by atoms with Crippen LogP contribution in [0.4, 0.5) is 10.6 Å². The molecule has 1 aromatic heterocycles. The smallest absolute Gasteiger partial charge is 0.435 e. The molecule has 7 nitrogen and oxygen atoms in total. The third-order valence-electron chi connectivity index (χ3n) is 1.56. The molecule has 0 unspecified atom stereocenters. The molecular weight excluding hydrogens is 202 g/mol. The van der Waals surface area contributed by atoms with E-state index in [1.807, 2.05) is 0 Å². The van der Waals surface area contributed by atoms with Crippen LogP contribution >= 0.6 is 0 Å². The Labute approximate surface area is 85.8 Å². The summed E-state index contributed by atoms with van der Waals surface area (Å²) in [5, 5.41) is 3.60. The topological polar surface area (TPSA) is 96.4 Å². The molecular formula is C8H11N3O4. The molecule has 0 aliphatic rings. The maximum atomic E-state index is 11.4. The zero-order valence-corrected chi connectivity index (χ0v) is 8.39. The van der Waals surface area contributed by atoms with Crippen molar-refractivity contribution in [3.05, 3.63) is 11.8 Å². The number of carbonyl (C=O) groups excluding carboxylic acids is 2. The minimum Gasteiger partial charge on any atom is -0.461 e. The van der Waals surface area contributed by atoms with Gasteiger partial charge in [0.25, 0.3) is 0 Å². The molecule has 0 bridgehead atoms. The maximum Gasteiger partial charge on any atom is 0.435 e. The summed E-state index contributed by atoms with van der Waals surface area (Å²) in [6.45, 7) is 1.85. The predicted octanol–water partition coefficient (Wildman–Crippen LogP) is 0.257. The molecule has 1 heterocycles. The van der Waals surface area contributed by atoms with Gasteiger partial charge >= 0.3 is 12.1 Å². The highest BCUT2D eigenvalue weighted by Gasteiger charge is 2.20. The number of aromatic nitrogens is 2. The van der Waals surface area contributed by atoms with E-state index in [2.05, 4.69) is 9.84 Å². The summed E-state index contributed by atoms with van der Waals surface area (Å²) in [6.07, 6.45) is -0.797. The maximum absolute atomic E-state index is 11.4. The average Bonchev–Trinajstić information content (AvgIpc) is 2.59. The second-order valence-electron chi connectivity index (χ2n) is 2.56. The fourth-order valence-corrected chi connectivity index (χ4v) is 0.975. The summed E-state index contributed by atoms with van der Waals surface area (Å²) in [4.78, 5) is 22.5. The monoisotopic (exact) mass is 213 g/mol. The van der Waals surface area contributed by atoms with E-state index in [-0.39, 0.29) is 18.1 Å². The number of rotatable bonds is 2. The first kappa shape index (κ1) is 11.0. The first-order valence-corrected chi connectivity index (χ1v) is 4.21. The summed E-state index contributed by atoms with van der Waals surface area (Å²) in [5.74, 6) is -0.629. The molecule has 0 saturated carbocycles. The molecule has 0 atom stereocenters. The Morgan fingerprint density at radius 2 is 2.27 bits per heavy atom.